The van der Waals surface area contributed by atoms with Crippen molar-refractivity contribution in [2.24, 2.45) is 5.73 Å². The molecule has 3 rings (SSSR count). The summed E-state index contributed by atoms with van der Waals surface area (Å²) >= 11 is 0. The summed E-state index contributed by atoms with van der Waals surface area (Å²) in [5.41, 5.74) is 7.61. The molecule has 0 bridgehead atoms. The summed E-state index contributed by atoms with van der Waals surface area (Å²) in [4.78, 5) is 25.4. The van der Waals surface area contributed by atoms with Crippen molar-refractivity contribution in [3.05, 3.63) is 65.0 Å². The highest BCUT2D eigenvalue weighted by molar-refractivity contribution is 5.99. The van der Waals surface area contributed by atoms with E-state index in [2.05, 4.69) is 0 Å². The van der Waals surface area contributed by atoms with Crippen LogP contribution in [-0.2, 0) is 17.8 Å². The summed E-state index contributed by atoms with van der Waals surface area (Å²) in [6, 6.07) is 10.7. The zero-order valence-corrected chi connectivity index (χ0v) is 13.9. The molecule has 6 heteroatoms. The molecule has 0 spiro atoms. The molecule has 0 unspecified atom stereocenters. The molecule has 0 aromatic heterocycles. The Bertz CT molecular complexity index is 805. The van der Waals surface area contributed by atoms with Gasteiger partial charge < -0.3 is 15.4 Å². The third-order valence-corrected chi connectivity index (χ3v) is 4.39. The first-order chi connectivity index (χ1) is 12.0. The molecule has 0 saturated heterocycles. The van der Waals surface area contributed by atoms with Crippen molar-refractivity contribution in [1.82, 2.24) is 4.90 Å². The van der Waals surface area contributed by atoms with E-state index in [4.69, 9.17) is 10.5 Å². The highest BCUT2D eigenvalue weighted by Crippen LogP contribution is 2.25. The Morgan fingerprint density at radius 2 is 2.00 bits per heavy atom. The molecule has 2 amide bonds. The van der Waals surface area contributed by atoms with E-state index in [-0.39, 0.29) is 11.7 Å². The molecule has 25 heavy (non-hydrogen) atoms. The predicted molar refractivity (Wildman–Crippen MR) is 90.6 cm³/mol. The zero-order chi connectivity index (χ0) is 18.0. The Morgan fingerprint density at radius 3 is 2.68 bits per heavy atom. The van der Waals surface area contributed by atoms with Gasteiger partial charge in [-0.3, -0.25) is 9.59 Å². The van der Waals surface area contributed by atoms with E-state index < -0.39 is 11.9 Å². The van der Waals surface area contributed by atoms with Gasteiger partial charge in [-0.25, -0.2) is 4.39 Å². The number of fused-ring (bicyclic) bond motifs is 1. The molecular weight excluding hydrogens is 323 g/mol. The lowest BCUT2D eigenvalue weighted by atomic mass is 9.97. The first-order valence-corrected chi connectivity index (χ1v) is 8.06. The van der Waals surface area contributed by atoms with Gasteiger partial charge in [0.2, 0.25) is 5.91 Å². The Labute approximate surface area is 145 Å². The first-order valence-electron chi connectivity index (χ1n) is 8.06. The third kappa shape index (κ3) is 3.63. The maximum Gasteiger partial charge on any atom is 0.254 e. The number of hydrogen-bond donors (Lipinski definition) is 1. The number of halogens is 1. The van der Waals surface area contributed by atoms with E-state index in [9.17, 15) is 14.0 Å². The van der Waals surface area contributed by atoms with Crippen LogP contribution in [-0.4, -0.2) is 29.3 Å². The maximum absolute atomic E-state index is 12.9. The van der Waals surface area contributed by atoms with E-state index in [1.807, 2.05) is 6.07 Å². The van der Waals surface area contributed by atoms with Crippen molar-refractivity contribution in [1.29, 1.82) is 0 Å². The number of hydrogen-bond acceptors (Lipinski definition) is 3. The van der Waals surface area contributed by atoms with Gasteiger partial charge in [0.05, 0.1) is 0 Å². The number of carbonyl (C=O) groups excluding carboxylic acids is 2. The van der Waals surface area contributed by atoms with E-state index in [1.165, 1.54) is 17.0 Å². The molecule has 0 radical (unpaired) electrons. The van der Waals surface area contributed by atoms with Gasteiger partial charge in [-0.05, 0) is 54.8 Å². The molecule has 2 aromatic rings. The maximum atomic E-state index is 12.9. The lowest BCUT2D eigenvalue weighted by molar-refractivity contribution is -0.122. The standard InChI is InChI=1S/C19H19FN2O3/c1-12(18(21)23)22-9-8-14-10-16(6-7-17(14)19(22)24)25-11-13-2-4-15(20)5-3-13/h2-7,10,12H,8-9,11H2,1H3,(H2,21,23)/t12-/m0/s1. The van der Waals surface area contributed by atoms with Crippen LogP contribution in [0, 0.1) is 5.82 Å². The number of primary amides is 1. The summed E-state index contributed by atoms with van der Waals surface area (Å²) in [6.45, 7) is 2.39. The molecule has 130 valence electrons. The number of nitrogens with two attached hydrogens (primary N) is 1. The quantitative estimate of drug-likeness (QED) is 0.906. The van der Waals surface area contributed by atoms with E-state index in [0.717, 1.165) is 11.1 Å². The molecule has 0 fully saturated rings. The lowest BCUT2D eigenvalue weighted by Gasteiger charge is -2.32. The number of nitrogens with zero attached hydrogens (tertiary/aromatic N) is 1. The van der Waals surface area contributed by atoms with Crippen LogP contribution in [0.3, 0.4) is 0 Å². The van der Waals surface area contributed by atoms with Crippen LogP contribution in [0.15, 0.2) is 42.5 Å². The molecular formula is C19H19FN2O3. The fourth-order valence-corrected chi connectivity index (χ4v) is 2.84. The largest absolute Gasteiger partial charge is 0.489 e. The second kappa shape index (κ2) is 6.93. The van der Waals surface area contributed by atoms with Crippen molar-refractivity contribution >= 4 is 11.8 Å². The summed E-state index contributed by atoms with van der Waals surface area (Å²) in [7, 11) is 0. The molecule has 1 aliphatic rings. The van der Waals surface area contributed by atoms with Gasteiger partial charge in [-0.2, -0.15) is 0 Å². The van der Waals surface area contributed by atoms with E-state index in [0.29, 0.717) is 30.9 Å². The Hall–Kier alpha value is -2.89. The van der Waals surface area contributed by atoms with Crippen LogP contribution >= 0.6 is 0 Å². The normalized spacial score (nSPS) is 14.8. The van der Waals surface area contributed by atoms with Crippen LogP contribution in [0.2, 0.25) is 0 Å². The van der Waals surface area contributed by atoms with Crippen molar-refractivity contribution < 1.29 is 18.7 Å². The van der Waals surface area contributed by atoms with Gasteiger partial charge in [-0.1, -0.05) is 12.1 Å². The fraction of sp³-hybridized carbons (Fsp3) is 0.263. The molecule has 1 heterocycles. The number of ether oxygens (including phenoxy) is 1. The second-order valence-electron chi connectivity index (χ2n) is 6.06. The topological polar surface area (TPSA) is 72.6 Å². The third-order valence-electron chi connectivity index (χ3n) is 4.39. The number of rotatable bonds is 5. The minimum atomic E-state index is -0.630. The molecule has 0 saturated carbocycles. The highest BCUT2D eigenvalue weighted by atomic mass is 19.1. The van der Waals surface area contributed by atoms with E-state index >= 15 is 0 Å². The first kappa shape index (κ1) is 17.0. The van der Waals surface area contributed by atoms with Crippen molar-refractivity contribution in [2.75, 3.05) is 6.54 Å². The van der Waals surface area contributed by atoms with Crippen LogP contribution in [0.1, 0.15) is 28.4 Å². The van der Waals surface area contributed by atoms with Gasteiger partial charge in [0.1, 0.15) is 24.2 Å². The van der Waals surface area contributed by atoms with Crippen LogP contribution in [0.5, 0.6) is 5.75 Å². The SMILES string of the molecule is C[C@@H](C(N)=O)N1CCc2cc(OCc3ccc(F)cc3)ccc2C1=O. The minimum absolute atomic E-state index is 0.197. The molecule has 5 nitrogen and oxygen atoms in total. The lowest BCUT2D eigenvalue weighted by Crippen LogP contribution is -2.49. The van der Waals surface area contributed by atoms with Crippen LogP contribution < -0.4 is 10.5 Å². The second-order valence-corrected chi connectivity index (χ2v) is 6.06. The van der Waals surface area contributed by atoms with Crippen molar-refractivity contribution in [2.45, 2.75) is 26.0 Å². The van der Waals surface area contributed by atoms with Gasteiger partial charge in [-0.15, -0.1) is 0 Å². The summed E-state index contributed by atoms with van der Waals surface area (Å²) in [5, 5.41) is 0. The molecule has 1 atom stereocenters. The van der Waals surface area contributed by atoms with E-state index in [1.54, 1.807) is 31.2 Å². The molecule has 1 aliphatic heterocycles. The number of amides is 2. The van der Waals surface area contributed by atoms with Crippen LogP contribution in [0.25, 0.3) is 0 Å². The van der Waals surface area contributed by atoms with Gasteiger partial charge in [0.15, 0.2) is 0 Å². The van der Waals surface area contributed by atoms with Crippen LogP contribution in [0.4, 0.5) is 4.39 Å². The van der Waals surface area contributed by atoms with Crippen molar-refractivity contribution in [3.63, 3.8) is 0 Å². The Kier molecular flexibility index (Phi) is 4.70. The Morgan fingerprint density at radius 1 is 1.28 bits per heavy atom. The van der Waals surface area contributed by atoms with Gasteiger partial charge >= 0.3 is 0 Å². The van der Waals surface area contributed by atoms with Gasteiger partial charge in [0.25, 0.3) is 5.91 Å². The fourth-order valence-electron chi connectivity index (χ4n) is 2.84. The monoisotopic (exact) mass is 342 g/mol. The zero-order valence-electron chi connectivity index (χ0n) is 13.9. The van der Waals surface area contributed by atoms with Crippen molar-refractivity contribution in [3.8, 4) is 5.75 Å². The average molecular weight is 342 g/mol. The predicted octanol–water partition coefficient (Wildman–Crippen LogP) is 2.28. The summed E-state index contributed by atoms with van der Waals surface area (Å²) < 4.78 is 18.6. The summed E-state index contributed by atoms with van der Waals surface area (Å²) in [6.07, 6.45) is 0.631. The smallest absolute Gasteiger partial charge is 0.254 e. The molecule has 0 aliphatic carbocycles. The average Bonchev–Trinajstić information content (AvgIpc) is 2.61. The summed E-state index contributed by atoms with van der Waals surface area (Å²) in [5.74, 6) is -0.355. The number of carbonyl (C=O) groups is 2. The van der Waals surface area contributed by atoms with Gasteiger partial charge in [0, 0.05) is 12.1 Å². The highest BCUT2D eigenvalue weighted by Gasteiger charge is 2.30. The molecule has 2 aromatic carbocycles. The minimum Gasteiger partial charge on any atom is -0.489 e. The number of benzene rings is 2. The Balaban J connectivity index is 1.72. The molecule has 2 N–H and O–H groups in total.